The molecule has 0 atom stereocenters. The molecule has 31 heavy (non-hydrogen) atoms. The quantitative estimate of drug-likeness (QED) is 0.293. The third kappa shape index (κ3) is 3.81. The number of amides is 1. The van der Waals surface area contributed by atoms with E-state index in [4.69, 9.17) is 27.6 Å². The van der Waals surface area contributed by atoms with E-state index in [0.717, 1.165) is 33.2 Å². The third-order valence-electron chi connectivity index (χ3n) is 5.03. The van der Waals surface area contributed by atoms with Crippen LogP contribution in [0.25, 0.3) is 32.6 Å². The molecule has 0 aliphatic heterocycles. The van der Waals surface area contributed by atoms with Gasteiger partial charge in [-0.1, -0.05) is 48.3 Å². The van der Waals surface area contributed by atoms with Gasteiger partial charge >= 0.3 is 0 Å². The highest BCUT2D eigenvalue weighted by atomic mass is 35.5. The van der Waals surface area contributed by atoms with Crippen molar-refractivity contribution in [1.29, 1.82) is 0 Å². The highest BCUT2D eigenvalue weighted by Crippen LogP contribution is 2.37. The Bertz CT molecular complexity index is 1460. The molecule has 0 bridgehead atoms. The first-order valence-electron chi connectivity index (χ1n) is 9.70. The fourth-order valence-corrected chi connectivity index (χ4v) is 5.11. The third-order valence-corrected chi connectivity index (χ3v) is 6.92. The van der Waals surface area contributed by atoms with Crippen molar-refractivity contribution in [2.75, 3.05) is 5.32 Å². The van der Waals surface area contributed by atoms with Gasteiger partial charge < -0.3 is 9.73 Å². The van der Waals surface area contributed by atoms with Gasteiger partial charge in [0.05, 0.1) is 5.02 Å². The van der Waals surface area contributed by atoms with Gasteiger partial charge in [-0.25, -0.2) is 4.98 Å². The van der Waals surface area contributed by atoms with E-state index in [9.17, 15) is 4.79 Å². The molecule has 3 aromatic carbocycles. The Morgan fingerprint density at radius 1 is 1.10 bits per heavy atom. The van der Waals surface area contributed by atoms with Crippen molar-refractivity contribution in [2.45, 2.75) is 13.3 Å². The van der Waals surface area contributed by atoms with Crippen LogP contribution in [0.5, 0.6) is 0 Å². The molecule has 0 spiro atoms. The molecule has 5 aromatic rings. The molecule has 0 saturated heterocycles. The van der Waals surface area contributed by atoms with Gasteiger partial charge in [0, 0.05) is 26.4 Å². The number of halogens is 2. The Balaban J connectivity index is 1.44. The molecule has 0 fully saturated rings. The lowest BCUT2D eigenvalue weighted by molar-refractivity contribution is 0.103. The number of nitrogens with one attached hydrogen (secondary N) is 1. The van der Waals surface area contributed by atoms with E-state index in [-0.39, 0.29) is 5.91 Å². The predicted molar refractivity (Wildman–Crippen MR) is 129 cm³/mol. The minimum atomic E-state index is -0.273. The van der Waals surface area contributed by atoms with Crippen LogP contribution in [0.2, 0.25) is 10.0 Å². The molecule has 154 valence electrons. The first-order chi connectivity index (χ1) is 15.0. The van der Waals surface area contributed by atoms with Crippen LogP contribution < -0.4 is 5.32 Å². The number of aromatic nitrogens is 1. The maximum absolute atomic E-state index is 12.9. The molecule has 4 nitrogen and oxygen atoms in total. The van der Waals surface area contributed by atoms with E-state index in [1.807, 2.05) is 54.6 Å². The first kappa shape index (κ1) is 20.1. The highest BCUT2D eigenvalue weighted by Gasteiger charge is 2.18. The Kier molecular flexibility index (Phi) is 5.18. The number of rotatable bonds is 4. The SMILES string of the molecule is CCc1ccc2oc(-c3cccc(NC(=O)c4sc5cc(Cl)ccc5c4Cl)c3)nc2c1. The monoisotopic (exact) mass is 466 g/mol. The normalized spacial score (nSPS) is 11.3. The largest absolute Gasteiger partial charge is 0.436 e. The van der Waals surface area contributed by atoms with E-state index in [1.54, 1.807) is 6.07 Å². The first-order valence-corrected chi connectivity index (χ1v) is 11.3. The van der Waals surface area contributed by atoms with E-state index in [2.05, 4.69) is 17.2 Å². The zero-order valence-electron chi connectivity index (χ0n) is 16.4. The molecule has 1 amide bonds. The average molecular weight is 467 g/mol. The van der Waals surface area contributed by atoms with E-state index in [0.29, 0.717) is 26.5 Å². The number of carbonyl (C=O) groups excluding carboxylic acids is 1. The second-order valence-electron chi connectivity index (χ2n) is 7.10. The van der Waals surface area contributed by atoms with Crippen LogP contribution in [0.3, 0.4) is 0 Å². The number of thiophene rings is 1. The molecule has 0 aliphatic carbocycles. The summed E-state index contributed by atoms with van der Waals surface area (Å²) in [5, 5.41) is 4.77. The van der Waals surface area contributed by atoms with Crippen molar-refractivity contribution in [3.63, 3.8) is 0 Å². The van der Waals surface area contributed by atoms with Crippen molar-refractivity contribution in [3.05, 3.63) is 81.1 Å². The zero-order chi connectivity index (χ0) is 21.5. The Morgan fingerprint density at radius 3 is 2.81 bits per heavy atom. The second-order valence-corrected chi connectivity index (χ2v) is 8.96. The molecule has 0 aliphatic rings. The van der Waals surface area contributed by atoms with Gasteiger partial charge in [0.1, 0.15) is 10.4 Å². The molecule has 5 rings (SSSR count). The van der Waals surface area contributed by atoms with E-state index >= 15 is 0 Å². The van der Waals surface area contributed by atoms with Crippen molar-refractivity contribution in [1.82, 2.24) is 4.98 Å². The van der Waals surface area contributed by atoms with Crippen LogP contribution in [0.1, 0.15) is 22.2 Å². The minimum Gasteiger partial charge on any atom is -0.436 e. The summed E-state index contributed by atoms with van der Waals surface area (Å²) < 4.78 is 6.78. The predicted octanol–water partition coefficient (Wildman–Crippen LogP) is 7.83. The van der Waals surface area contributed by atoms with Crippen molar-refractivity contribution < 1.29 is 9.21 Å². The number of benzene rings is 3. The van der Waals surface area contributed by atoms with Gasteiger partial charge in [0.25, 0.3) is 5.91 Å². The van der Waals surface area contributed by atoms with Gasteiger partial charge in [0.15, 0.2) is 5.58 Å². The summed E-state index contributed by atoms with van der Waals surface area (Å²) in [5.74, 6) is 0.235. The smallest absolute Gasteiger partial charge is 0.267 e. The standard InChI is InChI=1S/C24H16Cl2N2O2S/c1-2-13-6-9-19-18(10-13)28-24(30-19)14-4-3-5-16(11-14)27-23(29)22-21(26)17-8-7-15(25)12-20(17)31-22/h3-12H,2H2,1H3,(H,27,29). The molecule has 2 heterocycles. The number of nitrogens with zero attached hydrogens (tertiary/aromatic N) is 1. The molecule has 7 heteroatoms. The van der Waals surface area contributed by atoms with Crippen molar-refractivity contribution in [3.8, 4) is 11.5 Å². The highest BCUT2D eigenvalue weighted by molar-refractivity contribution is 7.21. The van der Waals surface area contributed by atoms with Gasteiger partial charge in [-0.15, -0.1) is 11.3 Å². The minimum absolute atomic E-state index is 0.273. The summed E-state index contributed by atoms with van der Waals surface area (Å²) in [6.45, 7) is 2.10. The number of aryl methyl sites for hydroxylation is 1. The van der Waals surface area contributed by atoms with Crippen LogP contribution in [-0.4, -0.2) is 10.9 Å². The Morgan fingerprint density at radius 2 is 1.97 bits per heavy atom. The van der Waals surface area contributed by atoms with Crippen LogP contribution in [0.15, 0.2) is 65.1 Å². The summed E-state index contributed by atoms with van der Waals surface area (Å²) in [7, 11) is 0. The van der Waals surface area contributed by atoms with Gasteiger partial charge in [-0.3, -0.25) is 4.79 Å². The van der Waals surface area contributed by atoms with Crippen molar-refractivity contribution >= 4 is 67.3 Å². The zero-order valence-corrected chi connectivity index (χ0v) is 18.7. The molecule has 2 aromatic heterocycles. The summed E-state index contributed by atoms with van der Waals surface area (Å²) >= 11 is 13.8. The molecular weight excluding hydrogens is 451 g/mol. The summed E-state index contributed by atoms with van der Waals surface area (Å²) in [6.07, 6.45) is 0.937. The number of hydrogen-bond donors (Lipinski definition) is 1. The Labute approximate surface area is 192 Å². The van der Waals surface area contributed by atoms with E-state index in [1.165, 1.54) is 16.9 Å². The molecule has 1 N–H and O–H groups in total. The number of carbonyl (C=O) groups is 1. The second kappa shape index (κ2) is 8.00. The summed E-state index contributed by atoms with van der Waals surface area (Å²) in [6, 6.07) is 18.8. The lowest BCUT2D eigenvalue weighted by atomic mass is 10.1. The Hall–Kier alpha value is -2.86. The van der Waals surface area contributed by atoms with Gasteiger partial charge in [-0.2, -0.15) is 0 Å². The maximum atomic E-state index is 12.9. The van der Waals surface area contributed by atoms with Crippen LogP contribution in [0, 0.1) is 0 Å². The number of anilines is 1. The lowest BCUT2D eigenvalue weighted by Gasteiger charge is -2.05. The molecule has 0 unspecified atom stereocenters. The van der Waals surface area contributed by atoms with E-state index < -0.39 is 0 Å². The van der Waals surface area contributed by atoms with Gasteiger partial charge in [0.2, 0.25) is 5.89 Å². The number of oxazole rings is 1. The summed E-state index contributed by atoms with van der Waals surface area (Å²) in [5.41, 5.74) is 4.17. The van der Waals surface area contributed by atoms with Gasteiger partial charge in [-0.05, 0) is 54.4 Å². The van der Waals surface area contributed by atoms with Crippen LogP contribution in [-0.2, 0) is 6.42 Å². The number of hydrogen-bond acceptors (Lipinski definition) is 4. The topological polar surface area (TPSA) is 55.1 Å². The number of fused-ring (bicyclic) bond motifs is 2. The average Bonchev–Trinajstić information content (AvgIpc) is 3.34. The lowest BCUT2D eigenvalue weighted by Crippen LogP contribution is -2.10. The fraction of sp³-hybridized carbons (Fsp3) is 0.0833. The maximum Gasteiger partial charge on any atom is 0.267 e. The molecule has 0 radical (unpaired) electrons. The molecular formula is C24H16Cl2N2O2S. The van der Waals surface area contributed by atoms with Crippen molar-refractivity contribution in [2.24, 2.45) is 0 Å². The van der Waals surface area contributed by atoms with Crippen LogP contribution in [0.4, 0.5) is 5.69 Å². The summed E-state index contributed by atoms with van der Waals surface area (Å²) in [4.78, 5) is 17.9. The molecule has 0 saturated carbocycles. The van der Waals surface area contributed by atoms with Crippen LogP contribution >= 0.6 is 34.5 Å². The fourth-order valence-electron chi connectivity index (χ4n) is 3.42.